The Morgan fingerprint density at radius 1 is 1.00 bits per heavy atom. The molecular weight excluding hydrogens is 256 g/mol. The molecule has 4 nitrogen and oxygen atoms in total. The zero-order valence-corrected chi connectivity index (χ0v) is 11.7. The molecule has 0 unspecified atom stereocenters. The molecule has 0 N–H and O–H groups in total. The molecule has 1 aromatic rings. The van der Waals surface area contributed by atoms with Gasteiger partial charge < -0.3 is 9.47 Å². The maximum Gasteiger partial charge on any atom is 0.310 e. The third-order valence-corrected chi connectivity index (χ3v) is 4.44. The molecule has 2 atom stereocenters. The van der Waals surface area contributed by atoms with Crippen LogP contribution in [0, 0.1) is 17.8 Å². The van der Waals surface area contributed by atoms with Crippen LogP contribution in [0.25, 0.3) is 0 Å². The van der Waals surface area contributed by atoms with Crippen LogP contribution in [0.4, 0.5) is 0 Å². The van der Waals surface area contributed by atoms with Crippen molar-refractivity contribution in [2.24, 2.45) is 17.8 Å². The van der Waals surface area contributed by atoms with Gasteiger partial charge in [-0.25, -0.2) is 0 Å². The van der Waals surface area contributed by atoms with Crippen LogP contribution in [0.3, 0.4) is 0 Å². The highest BCUT2D eigenvalue weighted by Crippen LogP contribution is 2.84. The Bertz CT molecular complexity index is 511. The van der Waals surface area contributed by atoms with Crippen molar-refractivity contribution in [2.75, 3.05) is 13.2 Å². The molecule has 2 fully saturated rings. The maximum absolute atomic E-state index is 12.0. The van der Waals surface area contributed by atoms with Gasteiger partial charge in [0.2, 0.25) is 0 Å². The largest absolute Gasteiger partial charge is 0.466 e. The molecule has 2 aliphatic carbocycles. The molecule has 0 spiro atoms. The summed E-state index contributed by atoms with van der Waals surface area (Å²) in [6.07, 6.45) is 0. The number of hydrogen-bond acceptors (Lipinski definition) is 4. The predicted octanol–water partition coefficient (Wildman–Crippen LogP) is 1.93. The zero-order valence-electron chi connectivity index (χ0n) is 11.7. The third kappa shape index (κ3) is 1.60. The lowest BCUT2D eigenvalue weighted by atomic mass is 9.90. The molecule has 0 bridgehead atoms. The zero-order chi connectivity index (χ0) is 14.3. The molecule has 0 aromatic heterocycles. The summed E-state index contributed by atoms with van der Waals surface area (Å²) in [5.74, 6) is -0.690. The smallest absolute Gasteiger partial charge is 0.310 e. The van der Waals surface area contributed by atoms with Crippen molar-refractivity contribution < 1.29 is 19.1 Å². The first-order chi connectivity index (χ1) is 9.69. The Balaban J connectivity index is 1.84. The molecule has 0 amide bonds. The number of carbonyl (C=O) groups excluding carboxylic acids is 2. The van der Waals surface area contributed by atoms with Crippen LogP contribution in [0.1, 0.15) is 19.4 Å². The van der Waals surface area contributed by atoms with Crippen LogP contribution < -0.4 is 0 Å². The predicted molar refractivity (Wildman–Crippen MR) is 71.9 cm³/mol. The molecule has 0 radical (unpaired) electrons. The van der Waals surface area contributed by atoms with E-state index in [1.165, 1.54) is 0 Å². The van der Waals surface area contributed by atoms with E-state index in [4.69, 9.17) is 9.47 Å². The fourth-order valence-electron chi connectivity index (χ4n) is 3.56. The monoisotopic (exact) mass is 274 g/mol. The first-order valence-corrected chi connectivity index (χ1v) is 7.08. The Morgan fingerprint density at radius 3 is 1.95 bits per heavy atom. The standard InChI is InChI=1S/C16H18O4/c1-3-19-14(17)12-11-13(15(18)20-4-2)16(11,12)10-8-6-5-7-9-10/h5-9,11-13H,3-4H2,1-2H3/t11?,12-,13-,16?/m0/s1. The lowest BCUT2D eigenvalue weighted by molar-refractivity contribution is -0.151. The van der Waals surface area contributed by atoms with Crippen molar-refractivity contribution in [1.29, 1.82) is 0 Å². The highest BCUT2D eigenvalue weighted by Gasteiger charge is 2.92. The molecule has 0 aliphatic heterocycles. The summed E-state index contributed by atoms with van der Waals surface area (Å²) in [7, 11) is 0. The molecule has 0 saturated heterocycles. The van der Waals surface area contributed by atoms with Crippen molar-refractivity contribution in [2.45, 2.75) is 19.3 Å². The van der Waals surface area contributed by atoms with E-state index in [0.717, 1.165) is 5.56 Å². The fourth-order valence-corrected chi connectivity index (χ4v) is 3.56. The van der Waals surface area contributed by atoms with Gasteiger partial charge in [-0.15, -0.1) is 0 Å². The van der Waals surface area contributed by atoms with Crippen LogP contribution in [0.5, 0.6) is 0 Å². The van der Waals surface area contributed by atoms with Crippen LogP contribution >= 0.6 is 0 Å². The van der Waals surface area contributed by atoms with Gasteiger partial charge in [0.05, 0.1) is 25.0 Å². The Morgan fingerprint density at radius 2 is 1.50 bits per heavy atom. The molecule has 106 valence electrons. The summed E-state index contributed by atoms with van der Waals surface area (Å²) in [6, 6.07) is 9.75. The Kier molecular flexibility index (Phi) is 3.04. The summed E-state index contributed by atoms with van der Waals surface area (Å²) in [5.41, 5.74) is 0.681. The number of ether oxygens (including phenoxy) is 2. The van der Waals surface area contributed by atoms with E-state index >= 15 is 0 Å². The van der Waals surface area contributed by atoms with Gasteiger partial charge in [-0.3, -0.25) is 9.59 Å². The van der Waals surface area contributed by atoms with Crippen LogP contribution in [0.15, 0.2) is 30.3 Å². The van der Waals surface area contributed by atoms with Gasteiger partial charge in [0.15, 0.2) is 0 Å². The average molecular weight is 274 g/mol. The fraction of sp³-hybridized carbons (Fsp3) is 0.500. The number of hydrogen-bond donors (Lipinski definition) is 0. The lowest BCUT2D eigenvalue weighted by Crippen LogP contribution is -2.28. The highest BCUT2D eigenvalue weighted by molar-refractivity contribution is 5.94. The van der Waals surface area contributed by atoms with E-state index in [2.05, 4.69) is 0 Å². The van der Waals surface area contributed by atoms with Crippen LogP contribution in [-0.2, 0) is 24.5 Å². The number of esters is 2. The SMILES string of the molecule is CCOC(=O)[C@@H]1C2[C@@H](C(=O)OCC)C21c1ccccc1. The van der Waals surface area contributed by atoms with Gasteiger partial charge in [-0.2, -0.15) is 0 Å². The van der Waals surface area contributed by atoms with E-state index < -0.39 is 0 Å². The summed E-state index contributed by atoms with van der Waals surface area (Å²) in [6.45, 7) is 4.34. The third-order valence-electron chi connectivity index (χ3n) is 4.44. The molecule has 2 aliphatic rings. The van der Waals surface area contributed by atoms with Gasteiger partial charge >= 0.3 is 11.9 Å². The maximum atomic E-state index is 12.0. The molecule has 20 heavy (non-hydrogen) atoms. The molecular formula is C16H18O4. The topological polar surface area (TPSA) is 52.6 Å². The van der Waals surface area contributed by atoms with Gasteiger partial charge in [0.1, 0.15) is 0 Å². The average Bonchev–Trinajstić information content (AvgIpc) is 3.28. The molecule has 3 rings (SSSR count). The second kappa shape index (κ2) is 4.62. The van der Waals surface area contributed by atoms with Crippen LogP contribution in [0.2, 0.25) is 0 Å². The van der Waals surface area contributed by atoms with Crippen LogP contribution in [-0.4, -0.2) is 25.2 Å². The number of fused-ring (bicyclic) bond motifs is 1. The van der Waals surface area contributed by atoms with E-state index in [0.29, 0.717) is 13.2 Å². The highest BCUT2D eigenvalue weighted by atomic mass is 16.5. The van der Waals surface area contributed by atoms with Crippen molar-refractivity contribution in [1.82, 2.24) is 0 Å². The van der Waals surface area contributed by atoms with E-state index in [1.54, 1.807) is 13.8 Å². The number of benzene rings is 1. The first kappa shape index (κ1) is 13.2. The molecule has 1 aromatic carbocycles. The minimum atomic E-state index is -0.361. The van der Waals surface area contributed by atoms with Gasteiger partial charge in [-0.05, 0) is 25.3 Å². The van der Waals surface area contributed by atoms with E-state index in [9.17, 15) is 9.59 Å². The van der Waals surface area contributed by atoms with Crippen molar-refractivity contribution in [3.63, 3.8) is 0 Å². The Hall–Kier alpha value is -1.84. The second-order valence-electron chi connectivity index (χ2n) is 5.28. The summed E-state index contributed by atoms with van der Waals surface area (Å²) < 4.78 is 10.2. The van der Waals surface area contributed by atoms with Crippen molar-refractivity contribution in [3.8, 4) is 0 Å². The quantitative estimate of drug-likeness (QED) is 0.770. The number of rotatable bonds is 5. The summed E-state index contributed by atoms with van der Waals surface area (Å²) in [5, 5.41) is 0. The molecule has 0 heterocycles. The molecule has 2 saturated carbocycles. The van der Waals surface area contributed by atoms with Gasteiger partial charge in [-0.1, -0.05) is 30.3 Å². The van der Waals surface area contributed by atoms with E-state index in [1.807, 2.05) is 30.3 Å². The minimum absolute atomic E-state index is 0.0583. The van der Waals surface area contributed by atoms with Gasteiger partial charge in [0, 0.05) is 5.41 Å². The minimum Gasteiger partial charge on any atom is -0.466 e. The number of carbonyl (C=O) groups is 2. The van der Waals surface area contributed by atoms with Crippen molar-refractivity contribution in [3.05, 3.63) is 35.9 Å². The van der Waals surface area contributed by atoms with Crippen molar-refractivity contribution >= 4 is 11.9 Å². The molecule has 4 heteroatoms. The second-order valence-corrected chi connectivity index (χ2v) is 5.28. The Labute approximate surface area is 118 Å². The lowest BCUT2D eigenvalue weighted by Gasteiger charge is -2.17. The normalized spacial score (nSPS) is 33.0. The summed E-state index contributed by atoms with van der Waals surface area (Å²) in [4.78, 5) is 24.0. The van der Waals surface area contributed by atoms with Gasteiger partial charge in [0.25, 0.3) is 0 Å². The summed E-state index contributed by atoms with van der Waals surface area (Å²) >= 11 is 0. The first-order valence-electron chi connectivity index (χ1n) is 7.08. The van der Waals surface area contributed by atoms with E-state index in [-0.39, 0.29) is 35.1 Å².